The Morgan fingerprint density at radius 3 is 2.70 bits per heavy atom. The molecular weight excluding hydrogens is 283 g/mol. The number of hydrogen-bond donors (Lipinski definition) is 3. The highest BCUT2D eigenvalue weighted by atomic mass is 19.3. The van der Waals surface area contributed by atoms with Gasteiger partial charge in [0.15, 0.2) is 18.0 Å². The lowest BCUT2D eigenvalue weighted by atomic mass is 9.97. The quantitative estimate of drug-likeness (QED) is 0.663. The number of nitrogens with zero attached hydrogens (tertiary/aromatic N) is 2. The van der Waals surface area contributed by atoms with E-state index < -0.39 is 42.8 Å². The summed E-state index contributed by atoms with van der Waals surface area (Å²) in [6.07, 6.45) is -8.79. The van der Waals surface area contributed by atoms with Crippen LogP contribution in [0.1, 0.15) is 6.23 Å². The predicted octanol–water partition coefficient (Wildman–Crippen LogP) is -0.950. The van der Waals surface area contributed by atoms with E-state index in [1.807, 2.05) is 0 Å². The van der Waals surface area contributed by atoms with Gasteiger partial charge in [-0.15, -0.1) is 0 Å². The maximum absolute atomic E-state index is 14.0. The molecule has 0 bridgehead atoms. The van der Waals surface area contributed by atoms with E-state index in [1.54, 1.807) is 0 Å². The molecule has 1 unspecified atom stereocenters. The summed E-state index contributed by atoms with van der Waals surface area (Å²) in [7, 11) is 0. The molecule has 4 atom stereocenters. The molecule has 7 nitrogen and oxygen atoms in total. The number of aliphatic hydroxyl groups is 2. The van der Waals surface area contributed by atoms with Crippen LogP contribution in [0.5, 0.6) is 0 Å². The van der Waals surface area contributed by atoms with E-state index in [0.29, 0.717) is 4.57 Å². The summed E-state index contributed by atoms with van der Waals surface area (Å²) in [5.74, 6) is -0.137. The van der Waals surface area contributed by atoms with Crippen LogP contribution in [0.3, 0.4) is 0 Å². The van der Waals surface area contributed by atoms with Crippen molar-refractivity contribution in [3.8, 4) is 0 Å². The van der Waals surface area contributed by atoms with Crippen molar-refractivity contribution in [3.05, 3.63) is 22.7 Å². The molecule has 0 amide bonds. The van der Waals surface area contributed by atoms with E-state index in [4.69, 9.17) is 15.6 Å². The lowest BCUT2D eigenvalue weighted by Gasteiger charge is -2.28. The molecular formula is C10H12F3N3O4. The fourth-order valence-corrected chi connectivity index (χ4v) is 2.00. The van der Waals surface area contributed by atoms with Crippen molar-refractivity contribution < 1.29 is 28.1 Å². The third-order valence-corrected chi connectivity index (χ3v) is 3.16. The van der Waals surface area contributed by atoms with E-state index in [0.717, 1.165) is 12.3 Å². The molecule has 1 aliphatic heterocycles. The highest BCUT2D eigenvalue weighted by Gasteiger charge is 2.61. The van der Waals surface area contributed by atoms with Crippen molar-refractivity contribution in [1.82, 2.24) is 9.55 Å². The number of hydrogen-bond acceptors (Lipinski definition) is 6. The van der Waals surface area contributed by atoms with Crippen LogP contribution in [0.15, 0.2) is 17.1 Å². The van der Waals surface area contributed by atoms with E-state index in [-0.39, 0.29) is 5.82 Å². The monoisotopic (exact) mass is 295 g/mol. The Kier molecular flexibility index (Phi) is 3.71. The molecule has 1 aliphatic rings. The molecule has 1 fully saturated rings. The molecule has 0 spiro atoms. The van der Waals surface area contributed by atoms with Crippen molar-refractivity contribution in [2.45, 2.75) is 30.5 Å². The van der Waals surface area contributed by atoms with Crippen LogP contribution >= 0.6 is 0 Å². The molecule has 0 saturated carbocycles. The lowest BCUT2D eigenvalue weighted by molar-refractivity contribution is -0.195. The maximum Gasteiger partial charge on any atom is 0.351 e. The van der Waals surface area contributed by atoms with E-state index in [1.165, 1.54) is 0 Å². The van der Waals surface area contributed by atoms with Crippen molar-refractivity contribution in [1.29, 1.82) is 0 Å². The van der Waals surface area contributed by atoms with Gasteiger partial charge in [-0.1, -0.05) is 0 Å². The first-order valence-corrected chi connectivity index (χ1v) is 5.57. The minimum atomic E-state index is -3.34. The van der Waals surface area contributed by atoms with Crippen LogP contribution in [0, 0.1) is 0 Å². The highest BCUT2D eigenvalue weighted by molar-refractivity contribution is 5.23. The summed E-state index contributed by atoms with van der Waals surface area (Å²) in [5.41, 5.74) is 1.44. The van der Waals surface area contributed by atoms with E-state index >= 15 is 0 Å². The molecule has 0 aromatic carbocycles. The number of alkyl halides is 3. The summed E-state index contributed by atoms with van der Waals surface area (Å²) >= 11 is 0. The summed E-state index contributed by atoms with van der Waals surface area (Å²) in [6, 6.07) is 1.14. The maximum atomic E-state index is 14.0. The summed E-state index contributed by atoms with van der Waals surface area (Å²) < 4.78 is 45.2. The zero-order valence-electron chi connectivity index (χ0n) is 9.99. The Morgan fingerprint density at radius 1 is 1.60 bits per heavy atom. The highest BCUT2D eigenvalue weighted by Crippen LogP contribution is 2.41. The van der Waals surface area contributed by atoms with Crippen LogP contribution in [0.4, 0.5) is 19.0 Å². The van der Waals surface area contributed by atoms with Gasteiger partial charge in [-0.25, -0.2) is 18.0 Å². The van der Waals surface area contributed by atoms with E-state index in [9.17, 15) is 23.1 Å². The molecule has 1 aromatic heterocycles. The second-order valence-electron chi connectivity index (χ2n) is 4.35. The molecule has 112 valence electrons. The molecule has 2 heterocycles. The van der Waals surface area contributed by atoms with Crippen molar-refractivity contribution in [2.75, 3.05) is 12.3 Å². The van der Waals surface area contributed by atoms with Crippen LogP contribution in [0.2, 0.25) is 0 Å². The smallest absolute Gasteiger partial charge is 0.351 e. The number of aliphatic hydroxyl groups excluding tert-OH is 2. The number of ether oxygens (including phenoxy) is 1. The largest absolute Gasteiger partial charge is 0.393 e. The van der Waals surface area contributed by atoms with Gasteiger partial charge in [-0.05, 0) is 6.07 Å². The summed E-state index contributed by atoms with van der Waals surface area (Å²) in [6.45, 7) is -1.31. The fourth-order valence-electron chi connectivity index (χ4n) is 2.00. The minimum Gasteiger partial charge on any atom is -0.393 e. The number of nitrogen functional groups attached to an aromatic ring is 1. The minimum absolute atomic E-state index is 0.137. The van der Waals surface area contributed by atoms with Crippen molar-refractivity contribution in [3.63, 3.8) is 0 Å². The Hall–Kier alpha value is -1.65. The fraction of sp³-hybridized carbons (Fsp3) is 0.600. The molecule has 10 heteroatoms. The second-order valence-corrected chi connectivity index (χ2v) is 4.35. The second kappa shape index (κ2) is 5.04. The van der Waals surface area contributed by atoms with Crippen molar-refractivity contribution >= 4 is 5.82 Å². The first-order chi connectivity index (χ1) is 9.33. The molecule has 0 radical (unpaired) electrons. The topological polar surface area (TPSA) is 111 Å². The number of nitrogens with two attached hydrogens (primary N) is 1. The summed E-state index contributed by atoms with van der Waals surface area (Å²) in [5, 5.41) is 18.6. The van der Waals surface area contributed by atoms with Crippen LogP contribution in [-0.4, -0.2) is 50.7 Å². The van der Waals surface area contributed by atoms with Crippen molar-refractivity contribution in [2.24, 2.45) is 0 Å². The van der Waals surface area contributed by atoms with E-state index in [2.05, 4.69) is 4.98 Å². The van der Waals surface area contributed by atoms with Gasteiger partial charge in [0.1, 0.15) is 11.9 Å². The Balaban J connectivity index is 2.42. The number of halogens is 3. The first kappa shape index (κ1) is 14.8. The average Bonchev–Trinajstić information content (AvgIpc) is 2.64. The lowest BCUT2D eigenvalue weighted by Crippen LogP contribution is -2.51. The van der Waals surface area contributed by atoms with Gasteiger partial charge in [0.05, 0.1) is 6.61 Å². The molecule has 1 aromatic rings. The molecule has 0 aliphatic carbocycles. The van der Waals surface area contributed by atoms with Crippen LogP contribution in [-0.2, 0) is 4.74 Å². The van der Waals surface area contributed by atoms with Gasteiger partial charge in [-0.3, -0.25) is 4.57 Å². The van der Waals surface area contributed by atoms with Gasteiger partial charge in [0, 0.05) is 6.20 Å². The zero-order valence-corrected chi connectivity index (χ0v) is 9.99. The van der Waals surface area contributed by atoms with Gasteiger partial charge in [0.2, 0.25) is 0 Å². The number of anilines is 1. The van der Waals surface area contributed by atoms with Gasteiger partial charge in [-0.2, -0.15) is 4.98 Å². The normalized spacial score (nSPS) is 33.8. The standard InChI is InChI=1S/C10H12F3N3O4/c11-5-6(18)10(3-17,8(12)13)20-7(5)16-2-1-4(14)15-9(16)19/h1-2,5-8,17-18H,3H2,(H2,14,15,19)/t5?,6-,7+,10+/m0/s1. The predicted molar refractivity (Wildman–Crippen MR) is 59.8 cm³/mol. The Labute approximate surface area is 110 Å². The molecule has 2 rings (SSSR count). The molecule has 20 heavy (non-hydrogen) atoms. The summed E-state index contributed by atoms with van der Waals surface area (Å²) in [4.78, 5) is 14.8. The van der Waals surface area contributed by atoms with Crippen LogP contribution in [0.25, 0.3) is 0 Å². The molecule has 1 saturated heterocycles. The number of aromatic nitrogens is 2. The SMILES string of the molecule is Nc1ccn([C@@H]2O[C@@](CO)(C(F)F)[C@@H](O)C2F)c(=O)n1. The first-order valence-electron chi connectivity index (χ1n) is 5.57. The Bertz CT molecular complexity index is 555. The Morgan fingerprint density at radius 2 is 2.25 bits per heavy atom. The van der Waals surface area contributed by atoms with Crippen LogP contribution < -0.4 is 11.4 Å². The number of rotatable bonds is 3. The zero-order chi connectivity index (χ0) is 15.1. The van der Waals surface area contributed by atoms with Gasteiger partial charge < -0.3 is 20.7 Å². The third-order valence-electron chi connectivity index (χ3n) is 3.16. The average molecular weight is 295 g/mol. The molecule has 4 N–H and O–H groups in total. The third kappa shape index (κ3) is 2.05. The van der Waals surface area contributed by atoms with Gasteiger partial charge in [0.25, 0.3) is 6.43 Å². The van der Waals surface area contributed by atoms with Gasteiger partial charge >= 0.3 is 5.69 Å².